The second kappa shape index (κ2) is 4.39. The Morgan fingerprint density at radius 2 is 2.13 bits per heavy atom. The number of carbonyl (C=O) groups is 3. The highest BCUT2D eigenvalue weighted by Gasteiger charge is 2.32. The molecule has 1 fully saturated rings. The summed E-state index contributed by atoms with van der Waals surface area (Å²) < 4.78 is 0. The number of rotatable bonds is 3. The van der Waals surface area contributed by atoms with Crippen LogP contribution in [0.25, 0.3) is 0 Å². The Morgan fingerprint density at radius 1 is 1.53 bits per heavy atom. The molecule has 2 atom stereocenters. The van der Waals surface area contributed by atoms with Crippen molar-refractivity contribution in [3.8, 4) is 0 Å². The highest BCUT2D eigenvalue weighted by Crippen LogP contribution is 2.03. The largest absolute Gasteiger partial charge is 0.347 e. The highest BCUT2D eigenvalue weighted by atomic mass is 16.2. The summed E-state index contributed by atoms with van der Waals surface area (Å²) in [5, 5.41) is 4.99. The van der Waals surface area contributed by atoms with E-state index in [2.05, 4.69) is 10.6 Å². The maximum atomic E-state index is 11.5. The summed E-state index contributed by atoms with van der Waals surface area (Å²) in [4.78, 5) is 35.0. The fourth-order valence-electron chi connectivity index (χ4n) is 1.45. The molecule has 1 rings (SSSR count). The molecule has 6 heteroatoms. The highest BCUT2D eigenvalue weighted by molar-refractivity contribution is 6.05. The molecule has 6 nitrogen and oxygen atoms in total. The van der Waals surface area contributed by atoms with Crippen molar-refractivity contribution >= 4 is 17.7 Å². The maximum absolute atomic E-state index is 11.5. The summed E-state index contributed by atoms with van der Waals surface area (Å²) >= 11 is 0. The van der Waals surface area contributed by atoms with E-state index in [1.807, 2.05) is 0 Å². The first-order valence-electron chi connectivity index (χ1n) is 4.72. The van der Waals surface area contributed by atoms with E-state index in [-0.39, 0.29) is 24.1 Å². The van der Waals surface area contributed by atoms with Crippen LogP contribution in [0.15, 0.2) is 0 Å². The van der Waals surface area contributed by atoms with Gasteiger partial charge in [0.15, 0.2) is 0 Å². The molecule has 2 N–H and O–H groups in total. The Labute approximate surface area is 88.0 Å². The monoisotopic (exact) mass is 213 g/mol. The molecule has 1 saturated heterocycles. The molecule has 15 heavy (non-hydrogen) atoms. The normalized spacial score (nSPS) is 22.5. The Kier molecular flexibility index (Phi) is 3.41. The summed E-state index contributed by atoms with van der Waals surface area (Å²) in [6, 6.07) is -1.06. The van der Waals surface area contributed by atoms with Crippen LogP contribution in [0.4, 0.5) is 0 Å². The quantitative estimate of drug-likeness (QED) is 0.557. The molecule has 0 radical (unpaired) electrons. The van der Waals surface area contributed by atoms with E-state index in [1.165, 1.54) is 4.90 Å². The molecule has 1 heterocycles. The summed E-state index contributed by atoms with van der Waals surface area (Å²) in [6.45, 7) is 1.67. The van der Waals surface area contributed by atoms with Gasteiger partial charge in [-0.05, 0) is 6.92 Å². The summed E-state index contributed by atoms with van der Waals surface area (Å²) in [5.41, 5.74) is 0. The van der Waals surface area contributed by atoms with Gasteiger partial charge < -0.3 is 4.90 Å². The third-order valence-electron chi connectivity index (χ3n) is 2.23. The van der Waals surface area contributed by atoms with Gasteiger partial charge in [-0.25, -0.2) is 0 Å². The Morgan fingerprint density at radius 3 is 2.53 bits per heavy atom. The molecular formula is C9H15N3O3. The van der Waals surface area contributed by atoms with E-state index < -0.39 is 12.1 Å². The first-order valence-corrected chi connectivity index (χ1v) is 4.72. The third-order valence-corrected chi connectivity index (χ3v) is 2.23. The number of carbonyl (C=O) groups excluding carboxylic acids is 3. The van der Waals surface area contributed by atoms with Crippen LogP contribution in [0.2, 0.25) is 0 Å². The number of likely N-dealkylation sites (N-methyl/N-ethyl adjacent to an activating group) is 1. The number of hydrogen-bond acceptors (Lipinski definition) is 4. The molecule has 0 aromatic carbocycles. The zero-order chi connectivity index (χ0) is 11.6. The minimum Gasteiger partial charge on any atom is -0.347 e. The van der Waals surface area contributed by atoms with Gasteiger partial charge in [0, 0.05) is 14.1 Å². The lowest BCUT2D eigenvalue weighted by molar-refractivity contribution is -0.131. The van der Waals surface area contributed by atoms with E-state index >= 15 is 0 Å². The van der Waals surface area contributed by atoms with Crippen molar-refractivity contribution in [3.63, 3.8) is 0 Å². The Hall–Kier alpha value is -1.43. The van der Waals surface area contributed by atoms with Crippen molar-refractivity contribution in [1.82, 2.24) is 15.5 Å². The van der Waals surface area contributed by atoms with E-state index in [9.17, 15) is 14.4 Å². The molecule has 0 spiro atoms. The molecule has 0 saturated carbocycles. The molecule has 1 aliphatic heterocycles. The minimum absolute atomic E-state index is 0.101. The smallest absolute Gasteiger partial charge is 0.244 e. The SMILES string of the molecule is CC(NC1CC(=O)NC1=O)C(=O)N(C)C. The number of hydrogen-bond donors (Lipinski definition) is 2. The zero-order valence-corrected chi connectivity index (χ0v) is 9.03. The van der Waals surface area contributed by atoms with Crippen LogP contribution in [-0.2, 0) is 14.4 Å². The number of amides is 3. The van der Waals surface area contributed by atoms with E-state index in [1.54, 1.807) is 21.0 Å². The van der Waals surface area contributed by atoms with Crippen LogP contribution >= 0.6 is 0 Å². The van der Waals surface area contributed by atoms with E-state index in [0.717, 1.165) is 0 Å². The van der Waals surface area contributed by atoms with Gasteiger partial charge in [-0.15, -0.1) is 0 Å². The van der Waals surface area contributed by atoms with Crippen LogP contribution in [-0.4, -0.2) is 48.8 Å². The summed E-state index contributed by atoms with van der Waals surface area (Å²) in [6.07, 6.45) is 0.101. The van der Waals surface area contributed by atoms with Crippen molar-refractivity contribution in [2.75, 3.05) is 14.1 Å². The van der Waals surface area contributed by atoms with Crippen LogP contribution in [0.3, 0.4) is 0 Å². The standard InChI is InChI=1S/C9H15N3O3/c1-5(9(15)12(2)3)10-6-4-7(13)11-8(6)14/h5-6,10H,4H2,1-3H3,(H,11,13,14). The maximum Gasteiger partial charge on any atom is 0.244 e. The summed E-state index contributed by atoms with van der Waals surface area (Å²) in [7, 11) is 3.28. The fourth-order valence-corrected chi connectivity index (χ4v) is 1.45. The van der Waals surface area contributed by atoms with Crippen LogP contribution in [0.5, 0.6) is 0 Å². The molecule has 0 aromatic rings. The molecule has 3 amide bonds. The van der Waals surface area contributed by atoms with Gasteiger partial charge in [-0.1, -0.05) is 0 Å². The van der Waals surface area contributed by atoms with Gasteiger partial charge in [0.25, 0.3) is 0 Å². The number of nitrogens with zero attached hydrogens (tertiary/aromatic N) is 1. The number of nitrogens with one attached hydrogen (secondary N) is 2. The molecule has 0 bridgehead atoms. The van der Waals surface area contributed by atoms with E-state index in [4.69, 9.17) is 0 Å². The second-order valence-corrected chi connectivity index (χ2v) is 3.79. The first kappa shape index (κ1) is 11.6. The lowest BCUT2D eigenvalue weighted by Gasteiger charge is -2.20. The lowest BCUT2D eigenvalue weighted by atomic mass is 10.2. The lowest BCUT2D eigenvalue weighted by Crippen LogP contribution is -2.48. The fraction of sp³-hybridized carbons (Fsp3) is 0.667. The van der Waals surface area contributed by atoms with Crippen LogP contribution in [0.1, 0.15) is 13.3 Å². The van der Waals surface area contributed by atoms with Crippen molar-refractivity contribution in [2.24, 2.45) is 0 Å². The molecule has 0 aromatic heterocycles. The second-order valence-electron chi connectivity index (χ2n) is 3.79. The third kappa shape index (κ3) is 2.76. The van der Waals surface area contributed by atoms with Gasteiger partial charge in [0.1, 0.15) is 0 Å². The van der Waals surface area contributed by atoms with E-state index in [0.29, 0.717) is 0 Å². The van der Waals surface area contributed by atoms with Crippen molar-refractivity contribution in [3.05, 3.63) is 0 Å². The van der Waals surface area contributed by atoms with Crippen LogP contribution < -0.4 is 10.6 Å². The minimum atomic E-state index is -0.587. The van der Waals surface area contributed by atoms with Crippen molar-refractivity contribution in [2.45, 2.75) is 25.4 Å². The topological polar surface area (TPSA) is 78.5 Å². The average Bonchev–Trinajstić information content (AvgIpc) is 2.43. The van der Waals surface area contributed by atoms with Crippen molar-refractivity contribution < 1.29 is 14.4 Å². The Balaban J connectivity index is 2.52. The number of imide groups is 1. The van der Waals surface area contributed by atoms with Crippen molar-refractivity contribution in [1.29, 1.82) is 0 Å². The Bertz CT molecular complexity index is 301. The average molecular weight is 213 g/mol. The van der Waals surface area contributed by atoms with Gasteiger partial charge in [0.05, 0.1) is 18.5 Å². The molecular weight excluding hydrogens is 198 g/mol. The van der Waals surface area contributed by atoms with Gasteiger partial charge >= 0.3 is 0 Å². The summed E-state index contributed by atoms with van der Waals surface area (Å²) in [5.74, 6) is -0.789. The molecule has 0 aliphatic carbocycles. The predicted octanol–water partition coefficient (Wildman–Crippen LogP) is -1.53. The molecule has 1 aliphatic rings. The van der Waals surface area contributed by atoms with Gasteiger partial charge in [-0.2, -0.15) is 0 Å². The van der Waals surface area contributed by atoms with Gasteiger partial charge in [0.2, 0.25) is 17.7 Å². The first-order chi connectivity index (χ1) is 6.91. The molecule has 2 unspecified atom stereocenters. The van der Waals surface area contributed by atoms with Gasteiger partial charge in [-0.3, -0.25) is 25.0 Å². The predicted molar refractivity (Wildman–Crippen MR) is 52.8 cm³/mol. The molecule has 84 valence electrons. The van der Waals surface area contributed by atoms with Crippen LogP contribution in [0, 0.1) is 0 Å². The zero-order valence-electron chi connectivity index (χ0n) is 9.03.